The lowest BCUT2D eigenvalue weighted by atomic mass is 10.1. The van der Waals surface area contributed by atoms with E-state index >= 15 is 0 Å². The number of thioether (sulfide) groups is 1. The highest BCUT2D eigenvalue weighted by atomic mass is 32.2. The molecule has 2 heterocycles. The summed E-state index contributed by atoms with van der Waals surface area (Å²) in [5, 5.41) is 9.81. The zero-order valence-corrected chi connectivity index (χ0v) is 19.7. The number of nitrogens with one attached hydrogen (secondary N) is 2. The second kappa shape index (κ2) is 10.1. The first-order chi connectivity index (χ1) is 16.6. The third-order valence-corrected chi connectivity index (χ3v) is 7.26. The van der Waals surface area contributed by atoms with Gasteiger partial charge in [-0.2, -0.15) is 0 Å². The van der Waals surface area contributed by atoms with Crippen molar-refractivity contribution >= 4 is 51.4 Å². The van der Waals surface area contributed by atoms with Crippen LogP contribution in [0, 0.1) is 0 Å². The average Bonchev–Trinajstić information content (AvgIpc) is 3.50. The van der Waals surface area contributed by atoms with Gasteiger partial charge in [0.1, 0.15) is 0 Å². The number of hydrogen-bond acceptors (Lipinski definition) is 7. The Balaban J connectivity index is 1.09. The van der Waals surface area contributed by atoms with E-state index in [1.54, 1.807) is 0 Å². The Morgan fingerprint density at radius 1 is 1.00 bits per heavy atom. The Hall–Kier alpha value is -3.56. The molecule has 0 bridgehead atoms. The summed E-state index contributed by atoms with van der Waals surface area (Å²) in [6.45, 7) is 0.621. The molecule has 0 radical (unpaired) electrons. The number of anilines is 1. The summed E-state index contributed by atoms with van der Waals surface area (Å²) >= 11 is 2.79. The molecule has 5 rings (SSSR count). The number of fused-ring (bicyclic) bond motifs is 2. The van der Waals surface area contributed by atoms with Crippen LogP contribution in [0.3, 0.4) is 0 Å². The highest BCUT2D eigenvalue weighted by molar-refractivity contribution is 8.01. The highest BCUT2D eigenvalue weighted by Crippen LogP contribution is 2.32. The number of amides is 2. The van der Waals surface area contributed by atoms with E-state index in [4.69, 9.17) is 9.47 Å². The number of carbonyl (C=O) groups excluding carboxylic acids is 2. The minimum atomic E-state index is -0.117. The van der Waals surface area contributed by atoms with Crippen LogP contribution in [0.2, 0.25) is 0 Å². The van der Waals surface area contributed by atoms with Crippen molar-refractivity contribution in [1.29, 1.82) is 0 Å². The summed E-state index contributed by atoms with van der Waals surface area (Å²) in [5.74, 6) is 1.44. The fourth-order valence-corrected chi connectivity index (χ4v) is 5.21. The molecule has 9 heteroatoms. The molecule has 34 heavy (non-hydrogen) atoms. The third-order valence-electron chi connectivity index (χ3n) is 5.19. The van der Waals surface area contributed by atoms with E-state index in [2.05, 4.69) is 15.6 Å². The summed E-state index contributed by atoms with van der Waals surface area (Å²) in [6.07, 6.45) is 0.184. The molecular formula is C25H21N3O4S2. The van der Waals surface area contributed by atoms with Crippen LogP contribution in [0.25, 0.3) is 10.8 Å². The van der Waals surface area contributed by atoms with E-state index in [9.17, 15) is 9.59 Å². The zero-order chi connectivity index (χ0) is 23.3. The maximum atomic E-state index is 12.5. The third kappa shape index (κ3) is 5.32. The largest absolute Gasteiger partial charge is 0.454 e. The van der Waals surface area contributed by atoms with Crippen molar-refractivity contribution in [3.8, 4) is 11.5 Å². The van der Waals surface area contributed by atoms with Crippen LogP contribution in [0.1, 0.15) is 11.3 Å². The number of ether oxygens (including phenoxy) is 2. The first-order valence-electron chi connectivity index (χ1n) is 10.6. The van der Waals surface area contributed by atoms with Crippen LogP contribution in [-0.4, -0.2) is 29.3 Å². The first kappa shape index (κ1) is 22.2. The van der Waals surface area contributed by atoms with Gasteiger partial charge < -0.3 is 20.1 Å². The standard InChI is InChI=1S/C25H21N3O4S2/c29-23(26-12-16-8-9-21-22(10-16)32-15-31-21)11-18-13-33-25(27-18)34-14-24(30)28-20-7-3-5-17-4-1-2-6-19(17)20/h1-10,13H,11-12,14-15H2,(H,26,29)(H,28,30). The lowest BCUT2D eigenvalue weighted by Gasteiger charge is -2.08. The second-order valence-corrected chi connectivity index (χ2v) is 9.69. The molecule has 1 aliphatic heterocycles. The lowest BCUT2D eigenvalue weighted by molar-refractivity contribution is -0.120. The van der Waals surface area contributed by atoms with Crippen molar-refractivity contribution < 1.29 is 19.1 Å². The van der Waals surface area contributed by atoms with Crippen LogP contribution >= 0.6 is 23.1 Å². The molecular weight excluding hydrogens is 470 g/mol. The Bertz CT molecular complexity index is 1350. The quantitative estimate of drug-likeness (QED) is 0.350. The van der Waals surface area contributed by atoms with Crippen molar-refractivity contribution in [2.75, 3.05) is 17.9 Å². The predicted molar refractivity (Wildman–Crippen MR) is 134 cm³/mol. The average molecular weight is 492 g/mol. The first-order valence-corrected chi connectivity index (χ1v) is 12.5. The zero-order valence-electron chi connectivity index (χ0n) is 18.1. The maximum Gasteiger partial charge on any atom is 0.234 e. The van der Waals surface area contributed by atoms with Crippen LogP contribution in [-0.2, 0) is 22.6 Å². The molecule has 0 saturated carbocycles. The van der Waals surface area contributed by atoms with Gasteiger partial charge in [-0.25, -0.2) is 4.98 Å². The van der Waals surface area contributed by atoms with Gasteiger partial charge in [0.25, 0.3) is 0 Å². The van der Waals surface area contributed by atoms with Crippen LogP contribution in [0.15, 0.2) is 70.4 Å². The summed E-state index contributed by atoms with van der Waals surface area (Å²) < 4.78 is 11.4. The van der Waals surface area contributed by atoms with E-state index in [0.717, 1.165) is 26.4 Å². The van der Waals surface area contributed by atoms with Crippen LogP contribution < -0.4 is 20.1 Å². The second-order valence-electron chi connectivity index (χ2n) is 7.61. The number of benzene rings is 3. The fourth-order valence-electron chi connectivity index (χ4n) is 3.56. The van der Waals surface area contributed by atoms with Crippen molar-refractivity contribution in [3.63, 3.8) is 0 Å². The van der Waals surface area contributed by atoms with Gasteiger partial charge in [0.2, 0.25) is 18.6 Å². The van der Waals surface area contributed by atoms with Gasteiger partial charge in [-0.3, -0.25) is 9.59 Å². The number of rotatable bonds is 8. The summed E-state index contributed by atoms with van der Waals surface area (Å²) in [7, 11) is 0. The van der Waals surface area contributed by atoms with Gasteiger partial charge in [0, 0.05) is 23.0 Å². The van der Waals surface area contributed by atoms with Crippen molar-refractivity contribution in [2.45, 2.75) is 17.3 Å². The molecule has 0 aliphatic carbocycles. The van der Waals surface area contributed by atoms with E-state index in [0.29, 0.717) is 23.7 Å². The van der Waals surface area contributed by atoms with Crippen molar-refractivity contribution in [2.24, 2.45) is 0 Å². The summed E-state index contributed by atoms with van der Waals surface area (Å²) in [4.78, 5) is 29.3. The molecule has 172 valence electrons. The minimum Gasteiger partial charge on any atom is -0.454 e. The van der Waals surface area contributed by atoms with Gasteiger partial charge in [-0.15, -0.1) is 11.3 Å². The molecule has 0 atom stereocenters. The molecule has 0 spiro atoms. The molecule has 7 nitrogen and oxygen atoms in total. The number of aromatic nitrogens is 1. The topological polar surface area (TPSA) is 89.6 Å². The molecule has 0 unspecified atom stereocenters. The van der Waals surface area contributed by atoms with Gasteiger partial charge in [-0.05, 0) is 29.1 Å². The Morgan fingerprint density at radius 3 is 2.79 bits per heavy atom. The number of carbonyl (C=O) groups is 2. The molecule has 0 fully saturated rings. The van der Waals surface area contributed by atoms with Crippen LogP contribution in [0.4, 0.5) is 5.69 Å². The van der Waals surface area contributed by atoms with Gasteiger partial charge in [0.05, 0.1) is 17.9 Å². The molecule has 3 aromatic carbocycles. The Morgan fingerprint density at radius 2 is 1.85 bits per heavy atom. The van der Waals surface area contributed by atoms with Gasteiger partial charge in [-0.1, -0.05) is 54.2 Å². The minimum absolute atomic E-state index is 0.0976. The number of hydrogen-bond donors (Lipinski definition) is 2. The summed E-state index contributed by atoms with van der Waals surface area (Å²) in [6, 6.07) is 19.4. The van der Waals surface area contributed by atoms with Gasteiger partial charge in [0.15, 0.2) is 15.8 Å². The van der Waals surface area contributed by atoms with E-state index in [-0.39, 0.29) is 30.8 Å². The number of thiazole rings is 1. The normalized spacial score (nSPS) is 12.0. The monoisotopic (exact) mass is 491 g/mol. The van der Waals surface area contributed by atoms with E-state index in [1.807, 2.05) is 66.0 Å². The molecule has 0 saturated heterocycles. The SMILES string of the molecule is O=C(Cc1csc(SCC(=O)Nc2cccc3ccccc23)n1)NCc1ccc2c(c1)OCO2. The highest BCUT2D eigenvalue weighted by Gasteiger charge is 2.14. The van der Waals surface area contributed by atoms with Crippen molar-refractivity contribution in [3.05, 3.63) is 77.3 Å². The van der Waals surface area contributed by atoms with Crippen molar-refractivity contribution in [1.82, 2.24) is 10.3 Å². The smallest absolute Gasteiger partial charge is 0.234 e. The van der Waals surface area contributed by atoms with Crippen LogP contribution in [0.5, 0.6) is 11.5 Å². The molecule has 1 aliphatic rings. The predicted octanol–water partition coefficient (Wildman–Crippen LogP) is 4.61. The molecule has 1 aromatic heterocycles. The van der Waals surface area contributed by atoms with E-state index in [1.165, 1.54) is 23.1 Å². The van der Waals surface area contributed by atoms with E-state index < -0.39 is 0 Å². The molecule has 4 aromatic rings. The Kier molecular flexibility index (Phi) is 6.64. The number of nitrogens with zero attached hydrogens (tertiary/aromatic N) is 1. The molecule has 2 N–H and O–H groups in total. The summed E-state index contributed by atoms with van der Waals surface area (Å²) in [5.41, 5.74) is 2.41. The lowest BCUT2D eigenvalue weighted by Crippen LogP contribution is -2.24. The molecule has 2 amide bonds. The van der Waals surface area contributed by atoms with Gasteiger partial charge >= 0.3 is 0 Å². The maximum absolute atomic E-state index is 12.5. The fraction of sp³-hybridized carbons (Fsp3) is 0.160. The Labute approximate surface area is 204 Å².